The number of phenolic OH excluding ortho intramolecular Hbond substituents is 1. The maximum atomic E-state index is 14.4. The molecule has 4 bridgehead atoms. The standard InChI is InChI=1S/C27H32N4O9/c1-24(2,3)29-9-15(32)30-12-8-13(31(4)5)11-6-10-7-14-26(39)20(35)17(22(28)37)21(36)27(14,40)25(10,23(26)38)19(34)16(11)18(12)33/h8,10,14,29,33,36,39-40H,6-7,9H2,1-5H3,(H2,28,37)(H,30,32)/t10-,14+,25+,26+,27-/m0/s1. The number of nitrogens with two attached hydrogens (primary N) is 1. The zero-order valence-corrected chi connectivity index (χ0v) is 22.7. The van der Waals surface area contributed by atoms with Crippen molar-refractivity contribution in [2.75, 3.05) is 30.9 Å². The van der Waals surface area contributed by atoms with Gasteiger partial charge >= 0.3 is 0 Å². The van der Waals surface area contributed by atoms with E-state index < -0.39 is 80.3 Å². The molecule has 13 heteroatoms. The number of nitrogens with zero attached hydrogens (tertiary/aromatic N) is 1. The molecule has 0 radical (unpaired) electrons. The molecule has 1 spiro atoms. The van der Waals surface area contributed by atoms with E-state index in [9.17, 15) is 44.4 Å². The molecule has 13 nitrogen and oxygen atoms in total. The van der Waals surface area contributed by atoms with E-state index in [0.717, 1.165) is 0 Å². The van der Waals surface area contributed by atoms with E-state index in [1.54, 1.807) is 19.0 Å². The number of ketones is 3. The Morgan fingerprint density at radius 2 is 1.75 bits per heavy atom. The molecule has 5 rings (SSSR count). The lowest BCUT2D eigenvalue weighted by molar-refractivity contribution is -0.158. The Kier molecular flexibility index (Phi) is 5.63. The normalized spacial score (nSPS) is 32.2. The van der Waals surface area contributed by atoms with E-state index in [-0.39, 0.29) is 30.6 Å². The average Bonchev–Trinajstić information content (AvgIpc) is 3.18. The summed E-state index contributed by atoms with van der Waals surface area (Å²) < 4.78 is 0. The fourth-order valence-corrected chi connectivity index (χ4v) is 7.16. The van der Waals surface area contributed by atoms with Crippen LogP contribution < -0.4 is 21.3 Å². The van der Waals surface area contributed by atoms with Gasteiger partial charge in [0.2, 0.25) is 11.7 Å². The summed E-state index contributed by atoms with van der Waals surface area (Å²) in [5.74, 6) is -10.5. The van der Waals surface area contributed by atoms with Gasteiger partial charge in [0.25, 0.3) is 5.91 Å². The number of hydrogen-bond donors (Lipinski definition) is 7. The second-order valence-corrected chi connectivity index (χ2v) is 12.3. The van der Waals surface area contributed by atoms with Gasteiger partial charge in [-0.2, -0.15) is 0 Å². The smallest absolute Gasteiger partial charge is 0.256 e. The van der Waals surface area contributed by atoms with Crippen LogP contribution in [0.25, 0.3) is 0 Å². The Balaban J connectivity index is 1.71. The third-order valence-corrected chi connectivity index (χ3v) is 8.82. The molecule has 0 saturated heterocycles. The first kappa shape index (κ1) is 27.7. The topological polar surface area (TPSA) is 220 Å². The lowest BCUT2D eigenvalue weighted by Crippen LogP contribution is -2.60. The van der Waals surface area contributed by atoms with Crippen LogP contribution in [0.5, 0.6) is 5.75 Å². The van der Waals surface area contributed by atoms with Gasteiger partial charge in [0, 0.05) is 31.2 Å². The number of aromatic hydroxyl groups is 1. The highest BCUT2D eigenvalue weighted by molar-refractivity contribution is 6.37. The van der Waals surface area contributed by atoms with Gasteiger partial charge in [-0.05, 0) is 51.2 Å². The first-order valence-electron chi connectivity index (χ1n) is 12.8. The number of Topliss-reactive ketones (excluding diaryl/α,β-unsaturated/α-hetero) is 3. The second-order valence-electron chi connectivity index (χ2n) is 12.3. The van der Waals surface area contributed by atoms with Crippen LogP contribution in [-0.4, -0.2) is 87.0 Å². The maximum absolute atomic E-state index is 14.4. The number of primary amides is 1. The minimum Gasteiger partial charge on any atom is -0.508 e. The number of amides is 2. The van der Waals surface area contributed by atoms with E-state index in [2.05, 4.69) is 10.6 Å². The summed E-state index contributed by atoms with van der Waals surface area (Å²) in [5, 5.41) is 51.2. The molecule has 0 unspecified atom stereocenters. The number of nitrogens with one attached hydrogen (secondary N) is 2. The van der Waals surface area contributed by atoms with E-state index >= 15 is 0 Å². The number of fused-ring (bicyclic) bond motifs is 1. The highest BCUT2D eigenvalue weighted by Crippen LogP contribution is 2.73. The maximum Gasteiger partial charge on any atom is 0.256 e. The van der Waals surface area contributed by atoms with Crippen LogP contribution in [-0.2, 0) is 25.6 Å². The van der Waals surface area contributed by atoms with Crippen molar-refractivity contribution in [1.29, 1.82) is 0 Å². The SMILES string of the molecule is CN(C)c1cc(NC(=O)CNC(C)(C)C)c(O)c2c1C[C@H]1C[C@@H]3[C@@]4(O)C(=O)C(C(N)=O)=C(O)[C@]3(O)[C@]1(C2=O)C4=O. The number of rotatable bonds is 5. The van der Waals surface area contributed by atoms with Crippen molar-refractivity contribution in [3.05, 3.63) is 28.5 Å². The van der Waals surface area contributed by atoms with Crippen LogP contribution in [0.15, 0.2) is 17.4 Å². The molecule has 0 aliphatic heterocycles. The molecular weight excluding hydrogens is 524 g/mol. The summed E-state index contributed by atoms with van der Waals surface area (Å²) in [5.41, 5.74) is -4.44. The summed E-state index contributed by atoms with van der Waals surface area (Å²) in [4.78, 5) is 67.9. The summed E-state index contributed by atoms with van der Waals surface area (Å²) in [6, 6.07) is 1.48. The summed E-state index contributed by atoms with van der Waals surface area (Å²) >= 11 is 0. The number of aliphatic hydroxyl groups is 3. The quantitative estimate of drug-likeness (QED) is 0.133. The second kappa shape index (κ2) is 8.12. The highest BCUT2D eigenvalue weighted by Gasteiger charge is 2.90. The molecule has 40 heavy (non-hydrogen) atoms. The Hall–Kier alpha value is -3.81. The van der Waals surface area contributed by atoms with Gasteiger partial charge in [0.05, 0.1) is 17.8 Å². The molecule has 8 N–H and O–H groups in total. The van der Waals surface area contributed by atoms with Crippen LogP contribution >= 0.6 is 0 Å². The van der Waals surface area contributed by atoms with Crippen molar-refractivity contribution in [2.45, 2.75) is 50.4 Å². The van der Waals surface area contributed by atoms with E-state index in [1.165, 1.54) is 6.07 Å². The molecule has 214 valence electrons. The number of benzene rings is 1. The predicted octanol–water partition coefficient (Wildman–Crippen LogP) is -0.929. The fraction of sp³-hybridized carbons (Fsp3) is 0.519. The molecule has 4 aliphatic carbocycles. The van der Waals surface area contributed by atoms with Crippen molar-refractivity contribution >= 4 is 40.5 Å². The van der Waals surface area contributed by atoms with Gasteiger partial charge in [0.15, 0.2) is 17.2 Å². The van der Waals surface area contributed by atoms with Gasteiger partial charge in [-0.15, -0.1) is 0 Å². The van der Waals surface area contributed by atoms with Gasteiger partial charge in [-0.1, -0.05) is 0 Å². The van der Waals surface area contributed by atoms with Gasteiger partial charge in [0.1, 0.15) is 28.1 Å². The Bertz CT molecular complexity index is 1470. The number of aliphatic hydroxyl groups excluding tert-OH is 1. The number of carbonyl (C=O) groups excluding carboxylic acids is 5. The first-order valence-corrected chi connectivity index (χ1v) is 12.8. The van der Waals surface area contributed by atoms with Crippen molar-refractivity contribution in [2.24, 2.45) is 23.0 Å². The lowest BCUT2D eigenvalue weighted by atomic mass is 9.58. The van der Waals surface area contributed by atoms with Gasteiger partial charge in [-0.3, -0.25) is 24.0 Å². The number of phenols is 1. The molecule has 2 fully saturated rings. The van der Waals surface area contributed by atoms with Crippen molar-refractivity contribution in [3.8, 4) is 5.75 Å². The monoisotopic (exact) mass is 556 g/mol. The van der Waals surface area contributed by atoms with Crippen molar-refractivity contribution < 1.29 is 44.4 Å². The largest absolute Gasteiger partial charge is 0.508 e. The van der Waals surface area contributed by atoms with Crippen LogP contribution in [0.1, 0.15) is 43.1 Å². The Morgan fingerprint density at radius 3 is 2.30 bits per heavy atom. The molecule has 5 atom stereocenters. The van der Waals surface area contributed by atoms with E-state index in [1.807, 2.05) is 20.8 Å². The summed E-state index contributed by atoms with van der Waals surface area (Å²) in [6.45, 7) is 5.45. The number of carbonyl (C=O) groups is 5. The van der Waals surface area contributed by atoms with Gasteiger partial charge < -0.3 is 41.7 Å². The minimum atomic E-state index is -2.97. The molecule has 0 heterocycles. The average molecular weight is 557 g/mol. The van der Waals surface area contributed by atoms with E-state index in [4.69, 9.17) is 5.73 Å². The Labute approximate surface area is 229 Å². The third kappa shape index (κ3) is 3.05. The lowest BCUT2D eigenvalue weighted by Gasteiger charge is -2.43. The molecule has 1 aromatic carbocycles. The molecule has 4 aliphatic rings. The highest BCUT2D eigenvalue weighted by atomic mass is 16.4. The molecule has 2 saturated carbocycles. The summed E-state index contributed by atoms with van der Waals surface area (Å²) in [6.07, 6.45) is -0.272. The number of anilines is 2. The van der Waals surface area contributed by atoms with Gasteiger partial charge in [-0.25, -0.2) is 0 Å². The van der Waals surface area contributed by atoms with Crippen molar-refractivity contribution in [1.82, 2.24) is 5.32 Å². The van der Waals surface area contributed by atoms with Crippen LogP contribution in [0, 0.1) is 17.3 Å². The van der Waals surface area contributed by atoms with Crippen LogP contribution in [0.2, 0.25) is 0 Å². The molecular formula is C27H32N4O9. The predicted molar refractivity (Wildman–Crippen MR) is 140 cm³/mol. The molecule has 1 aromatic rings. The zero-order valence-electron chi connectivity index (χ0n) is 22.7. The molecule has 0 aromatic heterocycles. The minimum absolute atomic E-state index is 0.0596. The van der Waals surface area contributed by atoms with Crippen LogP contribution in [0.3, 0.4) is 0 Å². The summed E-state index contributed by atoms with van der Waals surface area (Å²) in [7, 11) is 3.35. The Morgan fingerprint density at radius 1 is 1.12 bits per heavy atom. The van der Waals surface area contributed by atoms with E-state index in [0.29, 0.717) is 11.3 Å². The van der Waals surface area contributed by atoms with Crippen molar-refractivity contribution in [3.63, 3.8) is 0 Å². The number of hydrogen-bond acceptors (Lipinski definition) is 11. The third-order valence-electron chi connectivity index (χ3n) is 8.82. The first-order chi connectivity index (χ1) is 18.4. The van der Waals surface area contributed by atoms with Crippen LogP contribution in [0.4, 0.5) is 11.4 Å². The zero-order chi connectivity index (χ0) is 29.9. The molecule has 2 amide bonds. The fourth-order valence-electron chi connectivity index (χ4n) is 7.16.